The number of hydrogen-bond acceptors (Lipinski definition) is 8. The number of carbonyl (C=O) groups excluding carboxylic acids is 2. The van der Waals surface area contributed by atoms with Crippen LogP contribution in [0.4, 0.5) is 35.1 Å². The zero-order valence-corrected chi connectivity index (χ0v) is 29.8. The van der Waals surface area contributed by atoms with E-state index in [1.807, 2.05) is 37.3 Å². The number of halogens is 8. The van der Waals surface area contributed by atoms with Crippen LogP contribution in [-0.4, -0.2) is 68.1 Å². The molecule has 1 aliphatic carbocycles. The van der Waals surface area contributed by atoms with Crippen molar-refractivity contribution in [1.29, 1.82) is 0 Å². The monoisotopic (exact) mass is 816 g/mol. The maximum absolute atomic E-state index is 14.0. The molecular weight excluding hydrogens is 780 g/mol. The van der Waals surface area contributed by atoms with Gasteiger partial charge in [0.05, 0.1) is 11.9 Å². The van der Waals surface area contributed by atoms with Crippen LogP contribution in [0.1, 0.15) is 59.3 Å². The Kier molecular flexibility index (Phi) is 15.8. The van der Waals surface area contributed by atoms with Crippen LogP contribution < -0.4 is 20.9 Å². The summed E-state index contributed by atoms with van der Waals surface area (Å²) in [6, 6.07) is 20.2. The smallest absolute Gasteiger partial charge is 0.489 e. The third kappa shape index (κ3) is 14.3. The third-order valence-corrected chi connectivity index (χ3v) is 8.47. The van der Waals surface area contributed by atoms with Gasteiger partial charge in [-0.2, -0.15) is 26.3 Å². The molecule has 0 aliphatic heterocycles. The van der Waals surface area contributed by atoms with Gasteiger partial charge in [-0.25, -0.2) is 23.9 Å². The lowest BCUT2D eigenvalue weighted by Crippen LogP contribution is -2.54. The Morgan fingerprint density at radius 2 is 1.42 bits per heavy atom. The summed E-state index contributed by atoms with van der Waals surface area (Å²) in [6.45, 7) is 2.52. The van der Waals surface area contributed by atoms with Gasteiger partial charge in [0.15, 0.2) is 0 Å². The zero-order chi connectivity index (χ0) is 42.6. The highest BCUT2D eigenvalue weighted by Crippen LogP contribution is 2.32. The van der Waals surface area contributed by atoms with Crippen molar-refractivity contribution >= 4 is 34.7 Å². The van der Waals surface area contributed by atoms with Crippen molar-refractivity contribution in [3.05, 3.63) is 107 Å². The van der Waals surface area contributed by atoms with Gasteiger partial charge < -0.3 is 25.6 Å². The molecule has 20 heteroatoms. The number of carboxylic acid groups (broad SMARTS) is 2. The van der Waals surface area contributed by atoms with Gasteiger partial charge in [0.25, 0.3) is 5.91 Å². The highest BCUT2D eigenvalue weighted by atomic mass is 19.4. The maximum atomic E-state index is 14.0. The Balaban J connectivity index is 0.000000531. The summed E-state index contributed by atoms with van der Waals surface area (Å²) in [5.41, 5.74) is 4.41. The van der Waals surface area contributed by atoms with E-state index in [-0.39, 0.29) is 24.9 Å². The Labute approximate surface area is 318 Å². The minimum atomic E-state index is -5.08. The number of ether oxygens (including phenoxy) is 1. The molecule has 308 valence electrons. The molecule has 4 aromatic rings. The Morgan fingerprint density at radius 1 is 0.842 bits per heavy atom. The van der Waals surface area contributed by atoms with Crippen molar-refractivity contribution in [2.75, 3.05) is 0 Å². The van der Waals surface area contributed by atoms with Crippen LogP contribution in [0.5, 0.6) is 5.75 Å². The summed E-state index contributed by atoms with van der Waals surface area (Å²) in [7, 11) is 0. The summed E-state index contributed by atoms with van der Waals surface area (Å²) >= 11 is 0. The number of aryl methyl sites for hydroxylation is 1. The van der Waals surface area contributed by atoms with E-state index < -0.39 is 47.4 Å². The average molecular weight is 817 g/mol. The van der Waals surface area contributed by atoms with Gasteiger partial charge in [-0.1, -0.05) is 24.3 Å². The number of carbonyl (C=O) groups is 4. The largest absolute Gasteiger partial charge is 0.490 e. The standard InChI is InChI=1S/C33H34F2N4O4.2C2HF3O2/c1-21-16-24(28-4-2-3-5-30(28)37-21)20-43-27-10-7-22(8-11-27)32(41)38-33(18-31(40)39-42)14-12-26(13-15-33)36-19-23-6-9-25(34)17-29(23)35;2*3-2(4,5)1(6)7/h2-11,16-17,26,36,42H,12-15,18-20H2,1H3,(H,38,41)(H,39,40);2*(H,6,7)/t26-,33-;;. The number of rotatable bonds is 10. The van der Waals surface area contributed by atoms with E-state index in [4.69, 9.17) is 24.5 Å². The number of hydroxylamine groups is 1. The number of nitrogens with zero attached hydrogens (tertiary/aromatic N) is 1. The zero-order valence-electron chi connectivity index (χ0n) is 29.8. The van der Waals surface area contributed by atoms with Gasteiger partial charge in [-0.3, -0.25) is 19.8 Å². The van der Waals surface area contributed by atoms with E-state index in [0.29, 0.717) is 49.2 Å². The molecular formula is C37H36F8N4O8. The lowest BCUT2D eigenvalue weighted by atomic mass is 9.76. The number of para-hydroxylation sites is 1. The van der Waals surface area contributed by atoms with Crippen LogP contribution >= 0.6 is 0 Å². The number of fused-ring (bicyclic) bond motifs is 1. The fourth-order valence-electron chi connectivity index (χ4n) is 5.68. The summed E-state index contributed by atoms with van der Waals surface area (Å²) in [5, 5.41) is 30.8. The van der Waals surface area contributed by atoms with Crippen LogP contribution in [0.25, 0.3) is 10.9 Å². The number of aromatic nitrogens is 1. The topological polar surface area (TPSA) is 187 Å². The predicted octanol–water partition coefficient (Wildman–Crippen LogP) is 6.76. The minimum Gasteiger partial charge on any atom is -0.489 e. The van der Waals surface area contributed by atoms with E-state index >= 15 is 0 Å². The van der Waals surface area contributed by atoms with E-state index in [1.54, 1.807) is 29.7 Å². The van der Waals surface area contributed by atoms with Crippen molar-refractivity contribution in [2.24, 2.45) is 0 Å². The van der Waals surface area contributed by atoms with Crippen molar-refractivity contribution < 1.29 is 74.5 Å². The van der Waals surface area contributed by atoms with Crippen LogP contribution in [0.3, 0.4) is 0 Å². The number of pyridine rings is 1. The first-order valence-electron chi connectivity index (χ1n) is 16.7. The van der Waals surface area contributed by atoms with E-state index in [9.17, 15) is 49.9 Å². The molecule has 1 fully saturated rings. The maximum Gasteiger partial charge on any atom is 0.490 e. The van der Waals surface area contributed by atoms with Crippen molar-refractivity contribution in [3.63, 3.8) is 0 Å². The second kappa shape index (κ2) is 19.8. The van der Waals surface area contributed by atoms with Crippen LogP contribution in [0.2, 0.25) is 0 Å². The molecule has 3 aromatic carbocycles. The van der Waals surface area contributed by atoms with Gasteiger partial charge in [-0.15, -0.1) is 0 Å². The van der Waals surface area contributed by atoms with Crippen molar-refractivity contribution in [3.8, 4) is 5.75 Å². The van der Waals surface area contributed by atoms with Gasteiger partial charge in [0.1, 0.15) is 24.0 Å². The molecule has 1 aromatic heterocycles. The van der Waals surface area contributed by atoms with Crippen molar-refractivity contribution in [1.82, 2.24) is 21.1 Å². The number of alkyl halides is 6. The van der Waals surface area contributed by atoms with Crippen LogP contribution in [0, 0.1) is 18.6 Å². The fourth-order valence-corrected chi connectivity index (χ4v) is 5.68. The minimum absolute atomic E-state index is 0.0180. The van der Waals surface area contributed by atoms with Gasteiger partial charge in [0.2, 0.25) is 5.91 Å². The molecule has 1 heterocycles. The highest BCUT2D eigenvalue weighted by Gasteiger charge is 2.40. The second-order valence-electron chi connectivity index (χ2n) is 12.7. The molecule has 12 nitrogen and oxygen atoms in total. The van der Waals surface area contributed by atoms with Crippen molar-refractivity contribution in [2.45, 2.75) is 76.1 Å². The first kappa shape index (κ1) is 45.5. The molecule has 6 N–H and O–H groups in total. The van der Waals surface area contributed by atoms with Crippen LogP contribution in [-0.2, 0) is 27.5 Å². The van der Waals surface area contributed by atoms with E-state index in [2.05, 4.69) is 15.6 Å². The summed E-state index contributed by atoms with van der Waals surface area (Å²) in [6.07, 6.45) is -8.10. The molecule has 0 saturated heterocycles. The molecule has 0 atom stereocenters. The molecule has 1 aliphatic rings. The number of benzene rings is 3. The quantitative estimate of drug-likeness (QED) is 0.0567. The molecule has 0 spiro atoms. The molecule has 2 amide bonds. The van der Waals surface area contributed by atoms with E-state index in [0.717, 1.165) is 28.2 Å². The summed E-state index contributed by atoms with van der Waals surface area (Å²) in [4.78, 5) is 47.8. The Bertz CT molecular complexity index is 2000. The third-order valence-electron chi connectivity index (χ3n) is 8.47. The molecule has 1 saturated carbocycles. The second-order valence-corrected chi connectivity index (χ2v) is 12.7. The normalized spacial score (nSPS) is 16.6. The first-order valence-corrected chi connectivity index (χ1v) is 16.7. The Morgan fingerprint density at radius 3 is 1.96 bits per heavy atom. The lowest BCUT2D eigenvalue weighted by Gasteiger charge is -2.40. The molecule has 57 heavy (non-hydrogen) atoms. The summed E-state index contributed by atoms with van der Waals surface area (Å²) in [5.74, 6) is -7.08. The van der Waals surface area contributed by atoms with Gasteiger partial charge >= 0.3 is 24.3 Å². The lowest BCUT2D eigenvalue weighted by molar-refractivity contribution is -0.193. The number of hydrogen-bond donors (Lipinski definition) is 6. The highest BCUT2D eigenvalue weighted by molar-refractivity contribution is 5.95. The molecule has 0 radical (unpaired) electrons. The SMILES string of the molecule is Cc1cc(COc2ccc(C(=O)N[C@]3(CC(=O)NO)CC[C@@H](NCc4ccc(F)cc4F)CC3)cc2)c2ccccc2n1.O=C(O)C(F)(F)F.O=C(O)C(F)(F)F. The van der Waals surface area contributed by atoms with Gasteiger partial charge in [-0.05, 0) is 75.1 Å². The number of carboxylic acids is 2. The molecule has 5 rings (SSSR count). The predicted molar refractivity (Wildman–Crippen MR) is 185 cm³/mol. The number of aliphatic carboxylic acids is 2. The van der Waals surface area contributed by atoms with Gasteiger partial charge in [0, 0.05) is 52.0 Å². The number of amides is 2. The molecule has 0 unspecified atom stereocenters. The number of nitrogens with one attached hydrogen (secondary N) is 3. The molecule has 0 bridgehead atoms. The fraction of sp³-hybridized carbons (Fsp3) is 0.324. The van der Waals surface area contributed by atoms with E-state index in [1.165, 1.54) is 12.1 Å². The first-order chi connectivity index (χ1) is 26.6. The Hall–Kier alpha value is -5.89. The van der Waals surface area contributed by atoms with Crippen LogP contribution in [0.15, 0.2) is 72.8 Å². The summed E-state index contributed by atoms with van der Waals surface area (Å²) < 4.78 is 96.7. The average Bonchev–Trinajstić information content (AvgIpc) is 3.14.